The van der Waals surface area contributed by atoms with Crippen LogP contribution >= 0.6 is 0 Å². The van der Waals surface area contributed by atoms with Gasteiger partial charge in [0.05, 0.1) is 10.3 Å². The minimum absolute atomic E-state index is 0.0688. The fraction of sp³-hybridized carbons (Fsp3) is 0.0500. The van der Waals surface area contributed by atoms with Crippen molar-refractivity contribution in [2.45, 2.75) is 6.54 Å². The normalized spacial score (nSPS) is 10.9. The number of pyridine rings is 1. The smallest absolute Gasteiger partial charge is 0.278 e. The molecule has 1 heterocycles. The minimum Gasteiger partial charge on any atom is -0.380 e. The molecule has 122 valence electrons. The molecule has 0 bridgehead atoms. The average molecular weight is 329 g/mol. The number of hydrogen-bond acceptors (Lipinski definition) is 4. The first-order chi connectivity index (χ1) is 12.2. The quantitative estimate of drug-likeness (QED) is 0.427. The van der Waals surface area contributed by atoms with E-state index in [4.69, 9.17) is 0 Å². The summed E-state index contributed by atoms with van der Waals surface area (Å²) >= 11 is 0. The second kappa shape index (κ2) is 6.20. The number of non-ortho nitro benzene ring substituents is 1. The Morgan fingerprint density at radius 1 is 0.960 bits per heavy atom. The first-order valence-corrected chi connectivity index (χ1v) is 7.95. The van der Waals surface area contributed by atoms with Gasteiger partial charge in [-0.05, 0) is 34.5 Å². The molecule has 1 aromatic heterocycles. The molecule has 25 heavy (non-hydrogen) atoms. The molecule has 0 saturated carbocycles. The van der Waals surface area contributed by atoms with E-state index in [1.165, 1.54) is 23.0 Å². The van der Waals surface area contributed by atoms with Gasteiger partial charge in [0.1, 0.15) is 0 Å². The molecule has 0 radical (unpaired) electrons. The molecule has 5 nitrogen and oxygen atoms in total. The number of fused-ring (bicyclic) bond motifs is 2. The van der Waals surface area contributed by atoms with Crippen molar-refractivity contribution < 1.29 is 4.92 Å². The number of anilines is 1. The van der Waals surface area contributed by atoms with Crippen LogP contribution in [-0.4, -0.2) is 9.91 Å². The van der Waals surface area contributed by atoms with E-state index in [9.17, 15) is 10.1 Å². The Hall–Kier alpha value is -3.47. The van der Waals surface area contributed by atoms with Crippen molar-refractivity contribution in [2.75, 3.05) is 5.32 Å². The average Bonchev–Trinajstić information content (AvgIpc) is 2.65. The highest BCUT2D eigenvalue weighted by molar-refractivity contribution is 5.99. The van der Waals surface area contributed by atoms with Gasteiger partial charge in [-0.1, -0.05) is 36.4 Å². The molecule has 0 spiro atoms. The standard InChI is InChI=1S/C20H15N3O2/c24-23(25)20-8-7-19(17-9-10-21-13-18(17)20)22-12-14-5-6-15-3-1-2-4-16(15)11-14/h1-11,13,22H,12H2. The van der Waals surface area contributed by atoms with Crippen LogP contribution in [0.5, 0.6) is 0 Å². The number of nitro benzene ring substituents is 1. The molecule has 4 rings (SSSR count). The molecular formula is C20H15N3O2. The molecule has 0 amide bonds. The maximum atomic E-state index is 11.2. The van der Waals surface area contributed by atoms with E-state index in [1.807, 2.05) is 12.1 Å². The lowest BCUT2D eigenvalue weighted by Crippen LogP contribution is -2.01. The molecule has 0 saturated heterocycles. The van der Waals surface area contributed by atoms with Gasteiger partial charge in [-0.15, -0.1) is 0 Å². The van der Waals surface area contributed by atoms with Gasteiger partial charge in [-0.25, -0.2) is 0 Å². The summed E-state index contributed by atoms with van der Waals surface area (Å²) < 4.78 is 0. The van der Waals surface area contributed by atoms with Crippen molar-refractivity contribution in [1.29, 1.82) is 0 Å². The third-order valence-electron chi connectivity index (χ3n) is 4.29. The second-order valence-electron chi connectivity index (χ2n) is 5.85. The lowest BCUT2D eigenvalue weighted by Gasteiger charge is -2.11. The SMILES string of the molecule is O=[N+]([O-])c1ccc(NCc2ccc3ccccc3c2)c2ccncc12. The van der Waals surface area contributed by atoms with Crippen molar-refractivity contribution in [2.24, 2.45) is 0 Å². The highest BCUT2D eigenvalue weighted by Crippen LogP contribution is 2.31. The number of nitro groups is 1. The Morgan fingerprint density at radius 2 is 1.80 bits per heavy atom. The highest BCUT2D eigenvalue weighted by Gasteiger charge is 2.14. The zero-order valence-corrected chi connectivity index (χ0v) is 13.3. The van der Waals surface area contributed by atoms with Gasteiger partial charge >= 0.3 is 0 Å². The van der Waals surface area contributed by atoms with E-state index < -0.39 is 0 Å². The summed E-state index contributed by atoms with van der Waals surface area (Å²) in [5.41, 5.74) is 2.08. The molecule has 1 N–H and O–H groups in total. The molecule has 4 aromatic rings. The summed E-state index contributed by atoms with van der Waals surface area (Å²) in [5.74, 6) is 0. The Labute approximate surface area is 144 Å². The molecule has 3 aromatic carbocycles. The van der Waals surface area contributed by atoms with Crippen molar-refractivity contribution in [1.82, 2.24) is 4.98 Å². The lowest BCUT2D eigenvalue weighted by atomic mass is 10.1. The van der Waals surface area contributed by atoms with E-state index in [1.54, 1.807) is 18.3 Å². The van der Waals surface area contributed by atoms with Gasteiger partial charge in [0.15, 0.2) is 0 Å². The van der Waals surface area contributed by atoms with E-state index in [-0.39, 0.29) is 10.6 Å². The van der Waals surface area contributed by atoms with Gasteiger partial charge in [0, 0.05) is 36.1 Å². The van der Waals surface area contributed by atoms with Gasteiger partial charge in [0.25, 0.3) is 5.69 Å². The fourth-order valence-electron chi connectivity index (χ4n) is 3.03. The van der Waals surface area contributed by atoms with Crippen LogP contribution in [0.25, 0.3) is 21.5 Å². The van der Waals surface area contributed by atoms with Crippen LogP contribution in [0.1, 0.15) is 5.56 Å². The number of rotatable bonds is 4. The Morgan fingerprint density at radius 3 is 2.64 bits per heavy atom. The van der Waals surface area contributed by atoms with E-state index in [2.05, 4.69) is 40.6 Å². The number of benzene rings is 3. The van der Waals surface area contributed by atoms with Crippen LogP contribution in [0, 0.1) is 10.1 Å². The predicted octanol–water partition coefficient (Wildman–Crippen LogP) is 4.91. The highest BCUT2D eigenvalue weighted by atomic mass is 16.6. The van der Waals surface area contributed by atoms with Crippen LogP contribution in [0.15, 0.2) is 73.1 Å². The van der Waals surface area contributed by atoms with Crippen LogP contribution < -0.4 is 5.32 Å². The van der Waals surface area contributed by atoms with Gasteiger partial charge in [-0.3, -0.25) is 15.1 Å². The summed E-state index contributed by atoms with van der Waals surface area (Å²) in [6.45, 7) is 0.639. The molecule has 0 aliphatic heterocycles. The maximum absolute atomic E-state index is 11.2. The second-order valence-corrected chi connectivity index (χ2v) is 5.85. The van der Waals surface area contributed by atoms with Crippen molar-refractivity contribution in [3.05, 3.63) is 88.7 Å². The third-order valence-corrected chi connectivity index (χ3v) is 4.29. The molecule has 0 fully saturated rings. The number of aromatic nitrogens is 1. The van der Waals surface area contributed by atoms with Crippen LogP contribution in [-0.2, 0) is 6.54 Å². The van der Waals surface area contributed by atoms with Gasteiger partial charge < -0.3 is 5.32 Å². The van der Waals surface area contributed by atoms with E-state index >= 15 is 0 Å². The lowest BCUT2D eigenvalue weighted by molar-refractivity contribution is -0.383. The summed E-state index contributed by atoms with van der Waals surface area (Å²) in [6, 6.07) is 19.6. The van der Waals surface area contributed by atoms with Crippen LogP contribution in [0.3, 0.4) is 0 Å². The van der Waals surface area contributed by atoms with Crippen LogP contribution in [0.4, 0.5) is 11.4 Å². The first-order valence-electron chi connectivity index (χ1n) is 7.95. The summed E-state index contributed by atoms with van der Waals surface area (Å²) in [5, 5.41) is 18.3. The van der Waals surface area contributed by atoms with Crippen molar-refractivity contribution in [3.8, 4) is 0 Å². The van der Waals surface area contributed by atoms with Crippen molar-refractivity contribution >= 4 is 32.9 Å². The summed E-state index contributed by atoms with van der Waals surface area (Å²) in [6.07, 6.45) is 3.18. The fourth-order valence-corrected chi connectivity index (χ4v) is 3.03. The van der Waals surface area contributed by atoms with Crippen LogP contribution in [0.2, 0.25) is 0 Å². The molecular weight excluding hydrogens is 314 g/mol. The number of hydrogen-bond donors (Lipinski definition) is 1. The molecule has 0 unspecified atom stereocenters. The maximum Gasteiger partial charge on any atom is 0.278 e. The van der Waals surface area contributed by atoms with E-state index in [0.717, 1.165) is 16.6 Å². The Balaban J connectivity index is 1.66. The molecule has 5 heteroatoms. The zero-order valence-electron chi connectivity index (χ0n) is 13.3. The van der Waals surface area contributed by atoms with E-state index in [0.29, 0.717) is 11.9 Å². The predicted molar refractivity (Wildman–Crippen MR) is 99.7 cm³/mol. The van der Waals surface area contributed by atoms with Gasteiger partial charge in [-0.2, -0.15) is 0 Å². The Kier molecular flexibility index (Phi) is 3.74. The largest absolute Gasteiger partial charge is 0.380 e. The first kappa shape index (κ1) is 15.1. The van der Waals surface area contributed by atoms with Gasteiger partial charge in [0.2, 0.25) is 0 Å². The topological polar surface area (TPSA) is 68.1 Å². The molecule has 0 aliphatic rings. The monoisotopic (exact) mass is 329 g/mol. The third kappa shape index (κ3) is 2.87. The summed E-state index contributed by atoms with van der Waals surface area (Å²) in [4.78, 5) is 14.8. The Bertz CT molecular complexity index is 1090. The molecule has 0 atom stereocenters. The minimum atomic E-state index is -0.378. The molecule has 0 aliphatic carbocycles. The number of nitrogens with one attached hydrogen (secondary N) is 1. The number of nitrogens with zero attached hydrogens (tertiary/aromatic N) is 2. The van der Waals surface area contributed by atoms with Crippen molar-refractivity contribution in [3.63, 3.8) is 0 Å². The summed E-state index contributed by atoms with van der Waals surface area (Å²) in [7, 11) is 0. The zero-order chi connectivity index (χ0) is 17.2.